The summed E-state index contributed by atoms with van der Waals surface area (Å²) >= 11 is 5.15. The summed E-state index contributed by atoms with van der Waals surface area (Å²) in [6.07, 6.45) is 2.98. The van der Waals surface area contributed by atoms with Crippen LogP contribution in [0.5, 0.6) is 0 Å². The molecule has 1 aromatic rings. The summed E-state index contributed by atoms with van der Waals surface area (Å²) < 4.78 is 1.16. The summed E-state index contributed by atoms with van der Waals surface area (Å²) in [5, 5.41) is 0. The number of halogens is 1. The Morgan fingerprint density at radius 1 is 1.67 bits per heavy atom. The normalized spacial score (nSPS) is 12.8. The molecule has 0 aromatic carbocycles. The van der Waals surface area contributed by atoms with Gasteiger partial charge in [-0.25, -0.2) is 0 Å². The maximum absolute atomic E-state index is 10.3. The zero-order valence-electron chi connectivity index (χ0n) is 6.92. The summed E-state index contributed by atoms with van der Waals surface area (Å²) in [6, 6.07) is 4.15. The Balaban J connectivity index is 2.37. The number of aryl methyl sites for hydroxylation is 1. The summed E-state index contributed by atoms with van der Waals surface area (Å²) in [6.45, 7) is 1.95. The van der Waals surface area contributed by atoms with E-state index in [1.54, 1.807) is 11.3 Å². The van der Waals surface area contributed by atoms with Crippen molar-refractivity contribution in [2.75, 3.05) is 0 Å². The predicted octanol–water partition coefficient (Wildman–Crippen LogP) is 3.28. The topological polar surface area (TPSA) is 17.1 Å². The quantitative estimate of drug-likeness (QED) is 0.746. The minimum absolute atomic E-state index is 0.186. The van der Waals surface area contributed by atoms with Crippen molar-refractivity contribution >= 4 is 33.6 Å². The van der Waals surface area contributed by atoms with E-state index in [0.29, 0.717) is 0 Å². The first-order valence-corrected chi connectivity index (χ1v) is 5.53. The van der Waals surface area contributed by atoms with Crippen LogP contribution < -0.4 is 0 Å². The van der Waals surface area contributed by atoms with Crippen LogP contribution in [0.1, 0.15) is 18.2 Å². The molecule has 0 spiro atoms. The van der Waals surface area contributed by atoms with Crippen LogP contribution in [0.25, 0.3) is 0 Å². The van der Waals surface area contributed by atoms with Crippen molar-refractivity contribution in [2.45, 2.75) is 19.8 Å². The van der Waals surface area contributed by atoms with Gasteiger partial charge < -0.3 is 4.79 Å². The number of aldehydes is 1. The monoisotopic (exact) mass is 246 g/mol. The molecule has 0 aliphatic rings. The van der Waals surface area contributed by atoms with Crippen LogP contribution in [0.15, 0.2) is 15.9 Å². The molecule has 1 rings (SSSR count). The van der Waals surface area contributed by atoms with Crippen molar-refractivity contribution in [3.63, 3.8) is 0 Å². The van der Waals surface area contributed by atoms with E-state index < -0.39 is 0 Å². The van der Waals surface area contributed by atoms with Gasteiger partial charge in [0.25, 0.3) is 0 Å². The highest BCUT2D eigenvalue weighted by Gasteiger charge is 2.02. The van der Waals surface area contributed by atoms with Crippen molar-refractivity contribution in [3.05, 3.63) is 20.8 Å². The molecule has 3 heteroatoms. The molecule has 0 fully saturated rings. The Hall–Kier alpha value is -0.150. The van der Waals surface area contributed by atoms with E-state index in [0.717, 1.165) is 22.9 Å². The van der Waals surface area contributed by atoms with Crippen molar-refractivity contribution in [1.82, 2.24) is 0 Å². The largest absolute Gasteiger partial charge is 0.303 e. The van der Waals surface area contributed by atoms with Crippen molar-refractivity contribution in [1.29, 1.82) is 0 Å². The Kier molecular flexibility index (Phi) is 3.95. The Bertz CT molecular complexity index is 257. The standard InChI is InChI=1S/C9H11BrOS/c1-7(6-11)2-3-8-4-5-9(10)12-8/h4-7H,2-3H2,1H3. The van der Waals surface area contributed by atoms with Crippen molar-refractivity contribution in [3.8, 4) is 0 Å². The van der Waals surface area contributed by atoms with E-state index in [4.69, 9.17) is 0 Å². The van der Waals surface area contributed by atoms with Gasteiger partial charge in [0, 0.05) is 10.8 Å². The second kappa shape index (κ2) is 4.77. The second-order valence-corrected chi connectivity index (χ2v) is 5.41. The molecular formula is C9H11BrOS. The molecule has 0 aliphatic heterocycles. The van der Waals surface area contributed by atoms with Crippen molar-refractivity contribution < 1.29 is 4.79 Å². The van der Waals surface area contributed by atoms with E-state index in [-0.39, 0.29) is 5.92 Å². The minimum Gasteiger partial charge on any atom is -0.303 e. The minimum atomic E-state index is 0.186. The summed E-state index contributed by atoms with van der Waals surface area (Å²) in [5.74, 6) is 0.186. The SMILES string of the molecule is CC(C=O)CCc1ccc(Br)s1. The van der Waals surface area contributed by atoms with E-state index >= 15 is 0 Å². The second-order valence-electron chi connectivity index (χ2n) is 2.86. The molecule has 0 amide bonds. The van der Waals surface area contributed by atoms with Gasteiger partial charge in [0.1, 0.15) is 6.29 Å². The molecular weight excluding hydrogens is 236 g/mol. The average molecular weight is 247 g/mol. The van der Waals surface area contributed by atoms with Gasteiger partial charge >= 0.3 is 0 Å². The molecule has 12 heavy (non-hydrogen) atoms. The Morgan fingerprint density at radius 3 is 2.92 bits per heavy atom. The summed E-state index contributed by atoms with van der Waals surface area (Å²) in [7, 11) is 0. The van der Waals surface area contributed by atoms with Crippen LogP contribution in [0.4, 0.5) is 0 Å². The third-order valence-corrected chi connectivity index (χ3v) is 3.39. The molecule has 0 radical (unpaired) electrons. The van der Waals surface area contributed by atoms with Gasteiger partial charge in [-0.3, -0.25) is 0 Å². The highest BCUT2D eigenvalue weighted by atomic mass is 79.9. The zero-order valence-corrected chi connectivity index (χ0v) is 9.32. The van der Waals surface area contributed by atoms with Crippen LogP contribution in [0.3, 0.4) is 0 Å². The number of rotatable bonds is 4. The highest BCUT2D eigenvalue weighted by molar-refractivity contribution is 9.11. The third-order valence-electron chi connectivity index (χ3n) is 1.71. The molecule has 1 heterocycles. The highest BCUT2D eigenvalue weighted by Crippen LogP contribution is 2.23. The maximum Gasteiger partial charge on any atom is 0.122 e. The Morgan fingerprint density at radius 2 is 2.42 bits per heavy atom. The van der Waals surface area contributed by atoms with Crippen LogP contribution in [0.2, 0.25) is 0 Å². The molecule has 66 valence electrons. The van der Waals surface area contributed by atoms with Gasteiger partial charge in [0.15, 0.2) is 0 Å². The number of hydrogen-bond donors (Lipinski definition) is 0. The molecule has 1 aromatic heterocycles. The molecule has 0 saturated carbocycles. The van der Waals surface area contributed by atoms with Crippen LogP contribution in [-0.2, 0) is 11.2 Å². The first-order chi connectivity index (χ1) is 5.72. The molecule has 0 N–H and O–H groups in total. The van der Waals surface area contributed by atoms with Crippen molar-refractivity contribution in [2.24, 2.45) is 5.92 Å². The van der Waals surface area contributed by atoms with Gasteiger partial charge in [0.2, 0.25) is 0 Å². The molecule has 0 bridgehead atoms. The lowest BCUT2D eigenvalue weighted by Gasteiger charge is -1.99. The lowest BCUT2D eigenvalue weighted by Crippen LogP contribution is -1.96. The number of hydrogen-bond acceptors (Lipinski definition) is 2. The smallest absolute Gasteiger partial charge is 0.122 e. The van der Waals surface area contributed by atoms with Gasteiger partial charge in [-0.1, -0.05) is 6.92 Å². The fourth-order valence-electron chi connectivity index (χ4n) is 0.924. The molecule has 0 aliphatic carbocycles. The van der Waals surface area contributed by atoms with E-state index in [2.05, 4.69) is 22.0 Å². The van der Waals surface area contributed by atoms with Gasteiger partial charge in [0.05, 0.1) is 3.79 Å². The maximum atomic E-state index is 10.3. The number of thiophene rings is 1. The zero-order chi connectivity index (χ0) is 8.97. The number of carbonyl (C=O) groups excluding carboxylic acids is 1. The summed E-state index contributed by atoms with van der Waals surface area (Å²) in [5.41, 5.74) is 0. The lowest BCUT2D eigenvalue weighted by atomic mass is 10.1. The van der Waals surface area contributed by atoms with Crippen LogP contribution >= 0.6 is 27.3 Å². The van der Waals surface area contributed by atoms with Gasteiger partial charge in [-0.05, 0) is 40.9 Å². The Labute approximate surface area is 84.9 Å². The van der Waals surface area contributed by atoms with Gasteiger partial charge in [-0.2, -0.15) is 0 Å². The first kappa shape index (κ1) is 9.93. The number of carbonyl (C=O) groups is 1. The van der Waals surface area contributed by atoms with Gasteiger partial charge in [-0.15, -0.1) is 11.3 Å². The van der Waals surface area contributed by atoms with Crippen LogP contribution in [-0.4, -0.2) is 6.29 Å². The fourth-order valence-corrected chi connectivity index (χ4v) is 2.42. The van der Waals surface area contributed by atoms with E-state index in [1.807, 2.05) is 13.0 Å². The van der Waals surface area contributed by atoms with Crippen LogP contribution in [0, 0.1) is 5.92 Å². The molecule has 0 saturated heterocycles. The first-order valence-electron chi connectivity index (χ1n) is 3.92. The summed E-state index contributed by atoms with van der Waals surface area (Å²) in [4.78, 5) is 11.7. The molecule has 1 unspecified atom stereocenters. The fraction of sp³-hybridized carbons (Fsp3) is 0.444. The van der Waals surface area contributed by atoms with E-state index in [9.17, 15) is 4.79 Å². The lowest BCUT2D eigenvalue weighted by molar-refractivity contribution is -0.110. The molecule has 1 atom stereocenters. The predicted molar refractivity (Wildman–Crippen MR) is 55.6 cm³/mol. The van der Waals surface area contributed by atoms with E-state index in [1.165, 1.54) is 4.88 Å². The third kappa shape index (κ3) is 3.07. The average Bonchev–Trinajstić information content (AvgIpc) is 2.47. The molecule has 1 nitrogen and oxygen atoms in total.